The van der Waals surface area contributed by atoms with Crippen molar-refractivity contribution < 1.29 is 14.3 Å². The quantitative estimate of drug-likeness (QED) is 0.616. The van der Waals surface area contributed by atoms with Crippen molar-refractivity contribution in [1.29, 1.82) is 0 Å². The van der Waals surface area contributed by atoms with Crippen LogP contribution in [-0.2, 0) is 22.5 Å². The molecule has 160 valence electrons. The molecule has 1 aliphatic rings. The molecule has 4 rings (SSSR count). The highest BCUT2D eigenvalue weighted by Crippen LogP contribution is 2.20. The zero-order valence-electron chi connectivity index (χ0n) is 17.7. The molecule has 7 nitrogen and oxygen atoms in total. The molecule has 7 heteroatoms. The van der Waals surface area contributed by atoms with E-state index in [2.05, 4.69) is 24.1 Å². The summed E-state index contributed by atoms with van der Waals surface area (Å²) in [5.74, 6) is 0.146. The van der Waals surface area contributed by atoms with Crippen molar-refractivity contribution in [3.63, 3.8) is 0 Å². The molecule has 0 unspecified atom stereocenters. The van der Waals surface area contributed by atoms with Crippen LogP contribution in [0.25, 0.3) is 10.9 Å². The van der Waals surface area contributed by atoms with Crippen molar-refractivity contribution in [2.24, 2.45) is 0 Å². The monoisotopic (exact) mass is 419 g/mol. The number of ether oxygens (including phenoxy) is 1. The molecule has 0 spiro atoms. The zero-order chi connectivity index (χ0) is 22.0. The van der Waals surface area contributed by atoms with Gasteiger partial charge in [-0.05, 0) is 54.7 Å². The van der Waals surface area contributed by atoms with Gasteiger partial charge in [0.25, 0.3) is 11.5 Å². The summed E-state index contributed by atoms with van der Waals surface area (Å²) in [7, 11) is 0. The Morgan fingerprint density at radius 1 is 1.19 bits per heavy atom. The second-order valence-corrected chi connectivity index (χ2v) is 7.88. The highest BCUT2D eigenvalue weighted by atomic mass is 16.5. The van der Waals surface area contributed by atoms with Crippen LogP contribution < -0.4 is 10.9 Å². The number of nitrogens with one attached hydrogen (secondary N) is 1. The Bertz CT molecular complexity index is 1200. The van der Waals surface area contributed by atoms with E-state index in [-0.39, 0.29) is 11.1 Å². The fraction of sp³-hybridized carbons (Fsp3) is 0.333. The first kappa shape index (κ1) is 20.8. The number of hydrogen-bond donors (Lipinski definition) is 1. The molecule has 1 amide bonds. The van der Waals surface area contributed by atoms with E-state index in [0.29, 0.717) is 29.1 Å². The predicted octanol–water partition coefficient (Wildman–Crippen LogP) is 3.65. The Kier molecular flexibility index (Phi) is 5.84. The topological polar surface area (TPSA) is 90.3 Å². The smallest absolute Gasteiger partial charge is 0.338 e. The summed E-state index contributed by atoms with van der Waals surface area (Å²) in [5.41, 5.74) is 2.50. The number of carbonyl (C=O) groups is 2. The first-order chi connectivity index (χ1) is 15.0. The summed E-state index contributed by atoms with van der Waals surface area (Å²) in [5, 5.41) is 3.20. The van der Waals surface area contributed by atoms with Gasteiger partial charge >= 0.3 is 5.97 Å². The number of esters is 1. The van der Waals surface area contributed by atoms with Gasteiger partial charge in [-0.1, -0.05) is 26.0 Å². The molecule has 0 aliphatic carbocycles. The van der Waals surface area contributed by atoms with Crippen LogP contribution >= 0.6 is 0 Å². The Morgan fingerprint density at radius 3 is 2.71 bits per heavy atom. The predicted molar refractivity (Wildman–Crippen MR) is 118 cm³/mol. The lowest BCUT2D eigenvalue weighted by atomic mass is 9.99. The van der Waals surface area contributed by atoms with Gasteiger partial charge in [0.2, 0.25) is 0 Å². The van der Waals surface area contributed by atoms with Crippen LogP contribution in [0.15, 0.2) is 47.3 Å². The summed E-state index contributed by atoms with van der Waals surface area (Å²) in [6.45, 7) is 4.56. The van der Waals surface area contributed by atoms with E-state index in [0.717, 1.165) is 25.1 Å². The van der Waals surface area contributed by atoms with Gasteiger partial charge in [-0.25, -0.2) is 9.78 Å². The molecule has 1 atom stereocenters. The number of amides is 1. The first-order valence-electron chi connectivity index (χ1n) is 10.6. The van der Waals surface area contributed by atoms with Crippen LogP contribution in [0.4, 0.5) is 5.69 Å². The van der Waals surface area contributed by atoms with E-state index >= 15 is 0 Å². The molecule has 0 bridgehead atoms. The maximum Gasteiger partial charge on any atom is 0.338 e. The number of anilines is 1. The average Bonchev–Trinajstić information content (AvgIpc) is 3.26. The number of nitrogens with zero attached hydrogens (tertiary/aromatic N) is 2. The Hall–Kier alpha value is -3.48. The number of aryl methyl sites for hydroxylation is 1. The molecule has 2 heterocycles. The van der Waals surface area contributed by atoms with Crippen molar-refractivity contribution in [2.45, 2.75) is 45.6 Å². The van der Waals surface area contributed by atoms with Gasteiger partial charge in [0, 0.05) is 18.7 Å². The Morgan fingerprint density at radius 2 is 1.97 bits per heavy atom. The molecular weight excluding hydrogens is 394 g/mol. The average molecular weight is 419 g/mol. The van der Waals surface area contributed by atoms with Crippen LogP contribution in [0.1, 0.15) is 54.4 Å². The third kappa shape index (κ3) is 4.35. The minimum atomic E-state index is -0.633. The Balaban J connectivity index is 1.39. The van der Waals surface area contributed by atoms with Gasteiger partial charge in [0.15, 0.2) is 6.61 Å². The highest BCUT2D eigenvalue weighted by molar-refractivity contribution is 5.97. The maximum atomic E-state index is 12.5. The number of fused-ring (bicyclic) bond motifs is 2. The molecule has 0 saturated carbocycles. The SMILES string of the molecule is CC[C@@H](C)c1ccc(NC(=O)COC(=O)c2ccc3c(=O)n4c(nc3c2)CCC4)cc1. The van der Waals surface area contributed by atoms with Crippen LogP contribution in [0, 0.1) is 0 Å². The number of carbonyl (C=O) groups excluding carboxylic acids is 2. The van der Waals surface area contributed by atoms with Crippen molar-refractivity contribution in [1.82, 2.24) is 9.55 Å². The van der Waals surface area contributed by atoms with Crippen molar-refractivity contribution in [2.75, 3.05) is 11.9 Å². The van der Waals surface area contributed by atoms with Crippen LogP contribution in [0.5, 0.6) is 0 Å². The molecule has 1 aliphatic heterocycles. The van der Waals surface area contributed by atoms with E-state index in [9.17, 15) is 14.4 Å². The second kappa shape index (κ2) is 8.71. The fourth-order valence-corrected chi connectivity index (χ4v) is 3.75. The summed E-state index contributed by atoms with van der Waals surface area (Å²) < 4.78 is 6.83. The lowest BCUT2D eigenvalue weighted by molar-refractivity contribution is -0.119. The molecule has 0 saturated heterocycles. The van der Waals surface area contributed by atoms with E-state index in [1.54, 1.807) is 16.7 Å². The number of rotatable bonds is 6. The van der Waals surface area contributed by atoms with Gasteiger partial charge < -0.3 is 10.1 Å². The standard InChI is InChI=1S/C24H25N3O4/c1-3-15(2)16-6-9-18(10-7-16)25-22(28)14-31-24(30)17-8-11-19-20(13-17)26-21-5-4-12-27(21)23(19)29/h6-11,13,15H,3-5,12,14H2,1-2H3,(H,25,28)/t15-/m1/s1. The van der Waals surface area contributed by atoms with E-state index in [4.69, 9.17) is 4.74 Å². The van der Waals surface area contributed by atoms with E-state index in [1.807, 2.05) is 24.3 Å². The molecule has 0 fully saturated rings. The molecule has 0 radical (unpaired) electrons. The summed E-state index contributed by atoms with van der Waals surface area (Å²) in [4.78, 5) is 41.6. The fourth-order valence-electron chi connectivity index (χ4n) is 3.75. The number of hydrogen-bond acceptors (Lipinski definition) is 5. The van der Waals surface area contributed by atoms with Crippen molar-refractivity contribution in [3.05, 3.63) is 69.8 Å². The largest absolute Gasteiger partial charge is 0.452 e. The lowest BCUT2D eigenvalue weighted by Gasteiger charge is -2.11. The van der Waals surface area contributed by atoms with Gasteiger partial charge in [-0.15, -0.1) is 0 Å². The minimum Gasteiger partial charge on any atom is -0.452 e. The lowest BCUT2D eigenvalue weighted by Crippen LogP contribution is -2.22. The third-order valence-electron chi connectivity index (χ3n) is 5.76. The summed E-state index contributed by atoms with van der Waals surface area (Å²) in [6.07, 6.45) is 2.69. The first-order valence-corrected chi connectivity index (χ1v) is 10.6. The number of benzene rings is 2. The molecular formula is C24H25N3O4. The maximum absolute atomic E-state index is 12.5. The normalized spacial score (nSPS) is 13.6. The van der Waals surface area contributed by atoms with E-state index in [1.165, 1.54) is 11.6 Å². The second-order valence-electron chi connectivity index (χ2n) is 7.88. The summed E-state index contributed by atoms with van der Waals surface area (Å²) in [6, 6.07) is 12.3. The third-order valence-corrected chi connectivity index (χ3v) is 5.76. The highest BCUT2D eigenvalue weighted by Gasteiger charge is 2.18. The molecule has 2 aromatic carbocycles. The van der Waals surface area contributed by atoms with Gasteiger partial charge in [0.1, 0.15) is 5.82 Å². The minimum absolute atomic E-state index is 0.0869. The molecule has 1 aromatic heterocycles. The van der Waals surface area contributed by atoms with Crippen LogP contribution in [-0.4, -0.2) is 28.0 Å². The molecule has 1 N–H and O–H groups in total. The Labute approximate surface area is 180 Å². The molecule has 31 heavy (non-hydrogen) atoms. The van der Waals surface area contributed by atoms with Crippen molar-refractivity contribution >= 4 is 28.5 Å². The van der Waals surface area contributed by atoms with Crippen molar-refractivity contribution in [3.8, 4) is 0 Å². The van der Waals surface area contributed by atoms with Crippen LogP contribution in [0.2, 0.25) is 0 Å². The zero-order valence-corrected chi connectivity index (χ0v) is 17.7. The number of aromatic nitrogens is 2. The molecule has 3 aromatic rings. The summed E-state index contributed by atoms with van der Waals surface area (Å²) >= 11 is 0. The van der Waals surface area contributed by atoms with E-state index < -0.39 is 18.5 Å². The van der Waals surface area contributed by atoms with Crippen LogP contribution in [0.3, 0.4) is 0 Å². The van der Waals surface area contributed by atoms with Gasteiger partial charge in [-0.2, -0.15) is 0 Å². The van der Waals surface area contributed by atoms with Gasteiger partial charge in [-0.3, -0.25) is 14.2 Å². The van der Waals surface area contributed by atoms with Gasteiger partial charge in [0.05, 0.1) is 16.5 Å².